The van der Waals surface area contributed by atoms with E-state index < -0.39 is 0 Å². The van der Waals surface area contributed by atoms with E-state index in [0.29, 0.717) is 12.0 Å². The highest BCUT2D eigenvalue weighted by atomic mass is 15.3. The Kier molecular flexibility index (Phi) is 4.82. The lowest BCUT2D eigenvalue weighted by Crippen LogP contribution is -2.28. The smallest absolute Gasteiger partial charge is 0.0641 e. The maximum atomic E-state index is 4.46. The highest BCUT2D eigenvalue weighted by Crippen LogP contribution is 2.09. The van der Waals surface area contributed by atoms with E-state index in [9.17, 15) is 0 Å². The number of nitrogens with zero attached hydrogens (tertiary/aromatic N) is 2. The molecule has 0 aromatic carbocycles. The monoisotopic (exact) mass is 209 g/mol. The van der Waals surface area contributed by atoms with Crippen LogP contribution in [-0.4, -0.2) is 22.9 Å². The van der Waals surface area contributed by atoms with Gasteiger partial charge in [-0.3, -0.25) is 4.68 Å². The molecule has 0 aliphatic carbocycles. The minimum atomic E-state index is 0.484. The molecule has 0 saturated heterocycles. The predicted molar refractivity (Wildman–Crippen MR) is 64.0 cm³/mol. The van der Waals surface area contributed by atoms with Gasteiger partial charge in [0.15, 0.2) is 0 Å². The molecule has 1 rings (SSSR count). The Morgan fingerprint density at radius 3 is 2.60 bits per heavy atom. The van der Waals surface area contributed by atoms with E-state index in [1.54, 1.807) is 0 Å². The molecule has 1 aromatic heterocycles. The molecule has 0 spiro atoms. The van der Waals surface area contributed by atoms with Crippen LogP contribution >= 0.6 is 0 Å². The Morgan fingerprint density at radius 1 is 1.40 bits per heavy atom. The third-order valence-corrected chi connectivity index (χ3v) is 2.52. The van der Waals surface area contributed by atoms with Gasteiger partial charge in [0, 0.05) is 12.7 Å². The quantitative estimate of drug-likeness (QED) is 0.779. The molecule has 0 aliphatic heterocycles. The minimum absolute atomic E-state index is 0.484. The van der Waals surface area contributed by atoms with Gasteiger partial charge in [-0.25, -0.2) is 0 Å². The summed E-state index contributed by atoms with van der Waals surface area (Å²) in [5.41, 5.74) is 1.09. The Labute approximate surface area is 92.9 Å². The van der Waals surface area contributed by atoms with E-state index in [0.717, 1.165) is 25.2 Å². The maximum absolute atomic E-state index is 4.46. The largest absolute Gasteiger partial charge is 0.314 e. The summed E-state index contributed by atoms with van der Waals surface area (Å²) in [4.78, 5) is 0. The van der Waals surface area contributed by atoms with E-state index in [2.05, 4.69) is 48.1 Å². The van der Waals surface area contributed by atoms with Crippen molar-refractivity contribution in [2.45, 2.75) is 40.2 Å². The topological polar surface area (TPSA) is 29.9 Å². The zero-order valence-electron chi connectivity index (χ0n) is 10.3. The molecule has 0 bridgehead atoms. The van der Waals surface area contributed by atoms with Crippen molar-refractivity contribution in [1.82, 2.24) is 15.1 Å². The van der Waals surface area contributed by atoms with Crippen LogP contribution in [0.3, 0.4) is 0 Å². The number of aryl methyl sites for hydroxylation is 1. The average Bonchev–Trinajstić information content (AvgIpc) is 2.59. The Hall–Kier alpha value is -0.830. The molecular weight excluding hydrogens is 186 g/mol. The first-order chi connectivity index (χ1) is 7.13. The van der Waals surface area contributed by atoms with Gasteiger partial charge >= 0.3 is 0 Å². The highest BCUT2D eigenvalue weighted by molar-refractivity contribution is 4.96. The van der Waals surface area contributed by atoms with Crippen LogP contribution in [0.25, 0.3) is 0 Å². The fourth-order valence-electron chi connectivity index (χ4n) is 1.60. The van der Waals surface area contributed by atoms with Gasteiger partial charge in [0.1, 0.15) is 0 Å². The van der Waals surface area contributed by atoms with Crippen LogP contribution in [0.4, 0.5) is 0 Å². The first-order valence-electron chi connectivity index (χ1n) is 5.86. The molecule has 15 heavy (non-hydrogen) atoms. The average molecular weight is 209 g/mol. The van der Waals surface area contributed by atoms with E-state index in [1.165, 1.54) is 0 Å². The Morgan fingerprint density at radius 2 is 2.13 bits per heavy atom. The van der Waals surface area contributed by atoms with Crippen molar-refractivity contribution in [1.29, 1.82) is 0 Å². The summed E-state index contributed by atoms with van der Waals surface area (Å²) in [6.07, 6.45) is 3.19. The van der Waals surface area contributed by atoms with Gasteiger partial charge in [-0.15, -0.1) is 0 Å². The van der Waals surface area contributed by atoms with Crippen molar-refractivity contribution in [2.24, 2.45) is 5.92 Å². The van der Waals surface area contributed by atoms with Crippen LogP contribution in [0.2, 0.25) is 0 Å². The van der Waals surface area contributed by atoms with Crippen molar-refractivity contribution in [2.75, 3.05) is 13.1 Å². The molecule has 1 heterocycles. The first-order valence-corrected chi connectivity index (χ1v) is 5.86. The fourth-order valence-corrected chi connectivity index (χ4v) is 1.60. The van der Waals surface area contributed by atoms with Gasteiger partial charge in [0.25, 0.3) is 0 Å². The third kappa shape index (κ3) is 4.04. The second-order valence-corrected chi connectivity index (χ2v) is 4.55. The SMILES string of the molecule is CCC(CNCC(C)C)n1ccc(C)n1. The zero-order valence-corrected chi connectivity index (χ0v) is 10.3. The van der Waals surface area contributed by atoms with Crippen LogP contribution in [0.5, 0.6) is 0 Å². The summed E-state index contributed by atoms with van der Waals surface area (Å²) < 4.78 is 2.07. The van der Waals surface area contributed by atoms with Gasteiger partial charge in [0.2, 0.25) is 0 Å². The molecule has 0 fully saturated rings. The second kappa shape index (κ2) is 5.91. The highest BCUT2D eigenvalue weighted by Gasteiger charge is 2.08. The van der Waals surface area contributed by atoms with E-state index in [1.807, 2.05) is 6.92 Å². The second-order valence-electron chi connectivity index (χ2n) is 4.55. The number of rotatable bonds is 6. The van der Waals surface area contributed by atoms with Crippen molar-refractivity contribution in [3.8, 4) is 0 Å². The summed E-state index contributed by atoms with van der Waals surface area (Å²) >= 11 is 0. The summed E-state index contributed by atoms with van der Waals surface area (Å²) in [7, 11) is 0. The predicted octanol–water partition coefficient (Wildman–Crippen LogP) is 2.39. The maximum Gasteiger partial charge on any atom is 0.0641 e. The molecule has 1 atom stereocenters. The molecular formula is C12H23N3. The molecule has 1 aromatic rings. The third-order valence-electron chi connectivity index (χ3n) is 2.52. The molecule has 1 unspecified atom stereocenters. The molecule has 0 aliphatic rings. The van der Waals surface area contributed by atoms with Crippen LogP contribution < -0.4 is 5.32 Å². The van der Waals surface area contributed by atoms with E-state index >= 15 is 0 Å². The van der Waals surface area contributed by atoms with Crippen molar-refractivity contribution in [3.05, 3.63) is 18.0 Å². The normalized spacial score (nSPS) is 13.4. The van der Waals surface area contributed by atoms with Gasteiger partial charge in [0.05, 0.1) is 11.7 Å². The first kappa shape index (κ1) is 12.2. The number of aromatic nitrogens is 2. The van der Waals surface area contributed by atoms with Gasteiger partial charge in [-0.1, -0.05) is 20.8 Å². The van der Waals surface area contributed by atoms with Gasteiger partial charge < -0.3 is 5.32 Å². The lowest BCUT2D eigenvalue weighted by atomic mass is 10.2. The minimum Gasteiger partial charge on any atom is -0.314 e. The lowest BCUT2D eigenvalue weighted by molar-refractivity contribution is 0.398. The van der Waals surface area contributed by atoms with E-state index in [-0.39, 0.29) is 0 Å². The molecule has 0 radical (unpaired) electrons. The molecule has 86 valence electrons. The summed E-state index contributed by atoms with van der Waals surface area (Å²) in [6, 6.07) is 2.54. The van der Waals surface area contributed by atoms with Crippen molar-refractivity contribution < 1.29 is 0 Å². The molecule has 0 amide bonds. The van der Waals surface area contributed by atoms with Gasteiger partial charge in [-0.05, 0) is 31.9 Å². The van der Waals surface area contributed by atoms with Crippen LogP contribution in [0, 0.1) is 12.8 Å². The summed E-state index contributed by atoms with van der Waals surface area (Å²) in [5, 5.41) is 7.94. The van der Waals surface area contributed by atoms with Crippen molar-refractivity contribution in [3.63, 3.8) is 0 Å². The Balaban J connectivity index is 2.42. The summed E-state index contributed by atoms with van der Waals surface area (Å²) in [5.74, 6) is 0.710. The Bertz CT molecular complexity index is 278. The molecule has 1 N–H and O–H groups in total. The standard InChI is InChI=1S/C12H23N3/c1-5-12(9-13-8-10(2)3)15-7-6-11(4)14-15/h6-7,10,12-13H,5,8-9H2,1-4H3. The van der Waals surface area contributed by atoms with Gasteiger partial charge in [-0.2, -0.15) is 5.10 Å². The summed E-state index contributed by atoms with van der Waals surface area (Å²) in [6.45, 7) is 10.8. The van der Waals surface area contributed by atoms with Crippen LogP contribution in [-0.2, 0) is 0 Å². The van der Waals surface area contributed by atoms with Crippen molar-refractivity contribution >= 4 is 0 Å². The fraction of sp³-hybridized carbons (Fsp3) is 0.750. The lowest BCUT2D eigenvalue weighted by Gasteiger charge is -2.17. The van der Waals surface area contributed by atoms with E-state index in [4.69, 9.17) is 0 Å². The molecule has 3 heteroatoms. The zero-order chi connectivity index (χ0) is 11.3. The number of hydrogen-bond donors (Lipinski definition) is 1. The van der Waals surface area contributed by atoms with Crippen LogP contribution in [0.1, 0.15) is 38.9 Å². The number of hydrogen-bond acceptors (Lipinski definition) is 2. The molecule has 0 saturated carbocycles. The molecule has 3 nitrogen and oxygen atoms in total. The van der Waals surface area contributed by atoms with Crippen LogP contribution in [0.15, 0.2) is 12.3 Å². The number of nitrogens with one attached hydrogen (secondary N) is 1.